The lowest BCUT2D eigenvalue weighted by Crippen LogP contribution is -2.33. The first kappa shape index (κ1) is 17.5. The highest BCUT2D eigenvalue weighted by molar-refractivity contribution is 6.35. The summed E-state index contributed by atoms with van der Waals surface area (Å²) in [5.41, 5.74) is 3.74. The van der Waals surface area contributed by atoms with E-state index in [0.717, 1.165) is 22.4 Å². The molecule has 2 aliphatic heterocycles. The summed E-state index contributed by atoms with van der Waals surface area (Å²) in [5.74, 6) is 0.308. The monoisotopic (exact) mass is 412 g/mol. The van der Waals surface area contributed by atoms with Crippen LogP contribution in [-0.4, -0.2) is 10.7 Å². The molecule has 0 aromatic heterocycles. The average molecular weight is 413 g/mol. The second-order valence-corrected chi connectivity index (χ2v) is 7.68. The third-order valence-corrected chi connectivity index (χ3v) is 5.57. The van der Waals surface area contributed by atoms with E-state index in [9.17, 15) is 4.39 Å². The van der Waals surface area contributed by atoms with Gasteiger partial charge in [-0.05, 0) is 29.8 Å². The topological polar surface area (TPSA) is 24.8 Å². The number of hydrazone groups is 1. The molecule has 2 heterocycles. The molecule has 6 heteroatoms. The second-order valence-electron chi connectivity index (χ2n) is 6.84. The van der Waals surface area contributed by atoms with Crippen LogP contribution in [0.15, 0.2) is 71.8 Å². The smallest absolute Gasteiger partial charge is 0.213 e. The number of nitrogens with zero attached hydrogens (tertiary/aromatic N) is 2. The number of halogens is 3. The van der Waals surface area contributed by atoms with E-state index in [2.05, 4.69) is 0 Å². The van der Waals surface area contributed by atoms with Gasteiger partial charge in [-0.15, -0.1) is 0 Å². The van der Waals surface area contributed by atoms with Crippen molar-refractivity contribution in [2.24, 2.45) is 5.10 Å². The molecule has 0 fully saturated rings. The zero-order valence-electron chi connectivity index (χ0n) is 14.6. The maximum Gasteiger partial charge on any atom is 0.213 e. The van der Waals surface area contributed by atoms with Crippen LogP contribution >= 0.6 is 23.2 Å². The van der Waals surface area contributed by atoms with Gasteiger partial charge in [-0.2, -0.15) is 5.10 Å². The molecule has 2 aliphatic rings. The lowest BCUT2D eigenvalue weighted by molar-refractivity contribution is -0.0189. The molecule has 0 N–H and O–H groups in total. The number of fused-ring (bicyclic) bond motifs is 3. The zero-order valence-corrected chi connectivity index (χ0v) is 16.2. The van der Waals surface area contributed by atoms with Crippen LogP contribution in [0.4, 0.5) is 4.39 Å². The molecule has 3 nitrogen and oxygen atoms in total. The van der Waals surface area contributed by atoms with Crippen LogP contribution in [0.1, 0.15) is 35.4 Å². The summed E-state index contributed by atoms with van der Waals surface area (Å²) in [4.78, 5) is 0. The van der Waals surface area contributed by atoms with Crippen molar-refractivity contribution in [1.29, 1.82) is 0 Å². The third kappa shape index (κ3) is 2.93. The maximum atomic E-state index is 13.4. The minimum Gasteiger partial charge on any atom is -0.463 e. The van der Waals surface area contributed by atoms with Crippen molar-refractivity contribution in [2.45, 2.75) is 18.7 Å². The van der Waals surface area contributed by atoms with Crippen molar-refractivity contribution in [1.82, 2.24) is 5.01 Å². The molecule has 0 unspecified atom stereocenters. The van der Waals surface area contributed by atoms with Gasteiger partial charge in [-0.3, -0.25) is 0 Å². The van der Waals surface area contributed by atoms with Gasteiger partial charge in [0, 0.05) is 22.6 Å². The van der Waals surface area contributed by atoms with Crippen molar-refractivity contribution in [2.75, 3.05) is 0 Å². The molecule has 0 saturated carbocycles. The Morgan fingerprint density at radius 3 is 2.50 bits per heavy atom. The van der Waals surface area contributed by atoms with Crippen LogP contribution in [0.25, 0.3) is 0 Å². The van der Waals surface area contributed by atoms with E-state index in [1.807, 2.05) is 41.4 Å². The van der Waals surface area contributed by atoms with Gasteiger partial charge < -0.3 is 4.74 Å². The lowest BCUT2D eigenvalue weighted by atomic mass is 9.96. The van der Waals surface area contributed by atoms with Crippen molar-refractivity contribution in [3.8, 4) is 5.75 Å². The molecule has 28 heavy (non-hydrogen) atoms. The highest BCUT2D eigenvalue weighted by Gasteiger charge is 2.42. The van der Waals surface area contributed by atoms with Crippen molar-refractivity contribution in [3.05, 3.63) is 99.3 Å². The first-order chi connectivity index (χ1) is 13.6. The Labute approximate surface area is 172 Å². The standard InChI is InChI=1S/C22H15Cl2FN2O/c23-15-10-17-20-12-19(13-4-2-1-3-5-13)26-27(20)22(28-21(17)18(24)11-15)14-6-8-16(25)9-7-14/h1-11,20,22H,12H2/t20-,22+/m1/s1. The van der Waals surface area contributed by atoms with Crippen molar-refractivity contribution >= 4 is 28.9 Å². The zero-order chi connectivity index (χ0) is 19.3. The maximum absolute atomic E-state index is 13.4. The Balaban J connectivity index is 1.63. The number of benzene rings is 3. The summed E-state index contributed by atoms with van der Waals surface area (Å²) in [7, 11) is 0. The third-order valence-electron chi connectivity index (χ3n) is 5.07. The fourth-order valence-electron chi connectivity index (χ4n) is 3.77. The Bertz CT molecular complexity index is 1070. The summed E-state index contributed by atoms with van der Waals surface area (Å²) in [6.45, 7) is 0. The fourth-order valence-corrected chi connectivity index (χ4v) is 4.32. The Hall–Kier alpha value is -2.56. The van der Waals surface area contributed by atoms with Gasteiger partial charge in [0.15, 0.2) is 0 Å². The van der Waals surface area contributed by atoms with E-state index in [1.54, 1.807) is 18.2 Å². The van der Waals surface area contributed by atoms with Crippen LogP contribution in [0, 0.1) is 5.82 Å². The van der Waals surface area contributed by atoms with Gasteiger partial charge in [0.05, 0.1) is 16.8 Å². The Morgan fingerprint density at radius 1 is 1.00 bits per heavy atom. The Kier molecular flexibility index (Phi) is 4.26. The van der Waals surface area contributed by atoms with Crippen LogP contribution in [0.3, 0.4) is 0 Å². The van der Waals surface area contributed by atoms with E-state index in [1.165, 1.54) is 12.1 Å². The van der Waals surface area contributed by atoms with E-state index in [0.29, 0.717) is 22.2 Å². The fraction of sp³-hybridized carbons (Fsp3) is 0.136. The van der Waals surface area contributed by atoms with Gasteiger partial charge in [0.25, 0.3) is 0 Å². The van der Waals surface area contributed by atoms with Gasteiger partial charge in [0.1, 0.15) is 11.6 Å². The molecular weight excluding hydrogens is 398 g/mol. The highest BCUT2D eigenvalue weighted by atomic mass is 35.5. The van der Waals surface area contributed by atoms with Crippen LogP contribution < -0.4 is 4.74 Å². The SMILES string of the molecule is Fc1ccc([C@@H]2Oc3c(Cl)cc(Cl)cc3[C@H]3CC(c4ccccc4)=NN32)cc1. The first-order valence-electron chi connectivity index (χ1n) is 8.92. The highest BCUT2D eigenvalue weighted by Crippen LogP contribution is 2.50. The molecular formula is C22H15Cl2FN2O. The number of rotatable bonds is 2. The lowest BCUT2D eigenvalue weighted by Gasteiger charge is -2.38. The van der Waals surface area contributed by atoms with Gasteiger partial charge in [0.2, 0.25) is 6.23 Å². The Morgan fingerprint density at radius 2 is 1.75 bits per heavy atom. The average Bonchev–Trinajstić information content (AvgIpc) is 3.15. The summed E-state index contributed by atoms with van der Waals surface area (Å²) < 4.78 is 19.7. The van der Waals surface area contributed by atoms with Gasteiger partial charge in [-0.25, -0.2) is 9.40 Å². The molecule has 0 saturated heterocycles. The minimum absolute atomic E-state index is 0.0646. The summed E-state index contributed by atoms with van der Waals surface area (Å²) in [6, 6.07) is 19.8. The second kappa shape index (κ2) is 6.80. The van der Waals surface area contributed by atoms with Crippen molar-refractivity contribution < 1.29 is 9.13 Å². The molecule has 0 aliphatic carbocycles. The molecule has 0 bridgehead atoms. The van der Waals surface area contributed by atoms with E-state index < -0.39 is 6.23 Å². The quantitative estimate of drug-likeness (QED) is 0.487. The molecule has 0 radical (unpaired) electrons. The largest absolute Gasteiger partial charge is 0.463 e. The summed E-state index contributed by atoms with van der Waals surface area (Å²) >= 11 is 12.7. The first-order valence-corrected chi connectivity index (χ1v) is 9.68. The van der Waals surface area contributed by atoms with E-state index >= 15 is 0 Å². The number of hydrogen-bond donors (Lipinski definition) is 0. The van der Waals surface area contributed by atoms with Gasteiger partial charge >= 0.3 is 0 Å². The van der Waals surface area contributed by atoms with Gasteiger partial charge in [-0.1, -0.05) is 65.7 Å². The number of ether oxygens (including phenoxy) is 1. The predicted octanol–water partition coefficient (Wildman–Crippen LogP) is 6.37. The normalized spacial score (nSPS) is 20.2. The van der Waals surface area contributed by atoms with Crippen molar-refractivity contribution in [3.63, 3.8) is 0 Å². The van der Waals surface area contributed by atoms with E-state index in [4.69, 9.17) is 33.0 Å². The number of hydrogen-bond acceptors (Lipinski definition) is 3. The summed E-state index contributed by atoms with van der Waals surface area (Å²) in [5, 5.41) is 7.80. The molecule has 5 rings (SSSR count). The molecule has 140 valence electrons. The molecule has 3 aromatic carbocycles. The summed E-state index contributed by atoms with van der Waals surface area (Å²) in [6.07, 6.45) is 0.201. The molecule has 0 spiro atoms. The molecule has 2 atom stereocenters. The molecule has 0 amide bonds. The van der Waals surface area contributed by atoms with E-state index in [-0.39, 0.29) is 11.9 Å². The van der Waals surface area contributed by atoms with Crippen LogP contribution in [0.2, 0.25) is 10.0 Å². The minimum atomic E-state index is -0.502. The predicted molar refractivity (Wildman–Crippen MR) is 108 cm³/mol. The van der Waals surface area contributed by atoms with Crippen LogP contribution in [-0.2, 0) is 0 Å². The van der Waals surface area contributed by atoms with Crippen LogP contribution in [0.5, 0.6) is 5.75 Å². The molecule has 3 aromatic rings.